The molecule has 0 spiro atoms. The summed E-state index contributed by atoms with van der Waals surface area (Å²) >= 11 is 2.02. The lowest BCUT2D eigenvalue weighted by molar-refractivity contribution is 0.102. The van der Waals surface area contributed by atoms with Crippen molar-refractivity contribution in [2.24, 2.45) is 0 Å². The molecule has 4 nitrogen and oxygen atoms in total. The molecule has 0 atom stereocenters. The summed E-state index contributed by atoms with van der Waals surface area (Å²) < 4.78 is 5.77. The van der Waals surface area contributed by atoms with Gasteiger partial charge in [0.2, 0.25) is 0 Å². The molecule has 0 radical (unpaired) electrons. The smallest absolute Gasteiger partial charge is 0.255 e. The molecule has 1 saturated heterocycles. The van der Waals surface area contributed by atoms with E-state index in [1.165, 1.54) is 17.1 Å². The molecule has 1 amide bonds. The molecule has 0 bridgehead atoms. The van der Waals surface area contributed by atoms with Crippen molar-refractivity contribution in [2.45, 2.75) is 20.1 Å². The van der Waals surface area contributed by atoms with Gasteiger partial charge in [0.25, 0.3) is 5.91 Å². The number of thioether (sulfide) groups is 1. The summed E-state index contributed by atoms with van der Waals surface area (Å²) in [5.41, 5.74) is 4.85. The maximum atomic E-state index is 12.8. The quantitative estimate of drug-likeness (QED) is 0.545. The first-order valence-corrected chi connectivity index (χ1v) is 11.8. The second-order valence-electron chi connectivity index (χ2n) is 7.79. The number of rotatable bonds is 7. The zero-order chi connectivity index (χ0) is 21.5. The molecular weight excluding hydrogens is 404 g/mol. The van der Waals surface area contributed by atoms with Crippen molar-refractivity contribution in [1.82, 2.24) is 4.90 Å². The van der Waals surface area contributed by atoms with Crippen LogP contribution in [0.1, 0.15) is 27.0 Å². The third-order valence-electron chi connectivity index (χ3n) is 5.42. The zero-order valence-electron chi connectivity index (χ0n) is 17.8. The van der Waals surface area contributed by atoms with Gasteiger partial charge in [-0.1, -0.05) is 42.5 Å². The van der Waals surface area contributed by atoms with E-state index in [0.717, 1.165) is 42.2 Å². The maximum Gasteiger partial charge on any atom is 0.255 e. The minimum absolute atomic E-state index is 0.0925. The Morgan fingerprint density at radius 1 is 0.968 bits per heavy atom. The monoisotopic (exact) mass is 432 g/mol. The van der Waals surface area contributed by atoms with Crippen molar-refractivity contribution in [3.8, 4) is 5.75 Å². The third-order valence-corrected chi connectivity index (χ3v) is 6.37. The molecule has 1 N–H and O–H groups in total. The van der Waals surface area contributed by atoms with E-state index in [2.05, 4.69) is 28.4 Å². The van der Waals surface area contributed by atoms with Gasteiger partial charge in [-0.05, 0) is 53.9 Å². The van der Waals surface area contributed by atoms with Gasteiger partial charge in [-0.2, -0.15) is 11.8 Å². The summed E-state index contributed by atoms with van der Waals surface area (Å²) in [4.78, 5) is 15.3. The molecule has 5 heteroatoms. The van der Waals surface area contributed by atoms with Crippen LogP contribution in [0.25, 0.3) is 0 Å². The summed E-state index contributed by atoms with van der Waals surface area (Å²) in [5, 5.41) is 3.09. The van der Waals surface area contributed by atoms with Crippen molar-refractivity contribution >= 4 is 23.4 Å². The number of ether oxygens (including phenoxy) is 1. The van der Waals surface area contributed by atoms with Crippen molar-refractivity contribution in [3.05, 3.63) is 95.1 Å². The van der Waals surface area contributed by atoms with E-state index < -0.39 is 0 Å². The number of carbonyl (C=O) groups excluding carboxylic acids is 1. The summed E-state index contributed by atoms with van der Waals surface area (Å²) in [6.07, 6.45) is 0. The van der Waals surface area contributed by atoms with Crippen LogP contribution >= 0.6 is 11.8 Å². The van der Waals surface area contributed by atoms with Crippen LogP contribution in [0.2, 0.25) is 0 Å². The molecule has 1 heterocycles. The standard InChI is InChI=1S/C26H28N2O2S/c1-20-7-8-22(18-28-13-15-31-16-14-28)17-25(20)27-26(29)23-11-9-21(10-12-23)19-30-24-5-3-2-4-6-24/h2-12,17H,13-16,18-19H2,1H3,(H,27,29). The van der Waals surface area contributed by atoms with Crippen molar-refractivity contribution in [2.75, 3.05) is 29.9 Å². The van der Waals surface area contributed by atoms with E-state index in [1.807, 2.05) is 73.3 Å². The first-order valence-electron chi connectivity index (χ1n) is 10.7. The van der Waals surface area contributed by atoms with Crippen LogP contribution in [0.3, 0.4) is 0 Å². The van der Waals surface area contributed by atoms with Crippen LogP contribution in [0.15, 0.2) is 72.8 Å². The fourth-order valence-electron chi connectivity index (χ4n) is 3.55. The van der Waals surface area contributed by atoms with E-state index in [1.54, 1.807) is 0 Å². The minimum atomic E-state index is -0.0925. The lowest BCUT2D eigenvalue weighted by atomic mass is 10.1. The number of hydrogen-bond donors (Lipinski definition) is 1. The molecule has 160 valence electrons. The summed E-state index contributed by atoms with van der Waals surface area (Å²) in [5.74, 6) is 3.14. The number of hydrogen-bond acceptors (Lipinski definition) is 4. The highest BCUT2D eigenvalue weighted by molar-refractivity contribution is 7.99. The largest absolute Gasteiger partial charge is 0.489 e. The van der Waals surface area contributed by atoms with E-state index in [4.69, 9.17) is 4.74 Å². The average molecular weight is 433 g/mol. The molecule has 3 aromatic rings. The van der Waals surface area contributed by atoms with Gasteiger partial charge in [0.05, 0.1) is 0 Å². The van der Waals surface area contributed by atoms with Crippen LogP contribution in [0, 0.1) is 6.92 Å². The number of nitrogens with zero attached hydrogens (tertiary/aromatic N) is 1. The second kappa shape index (κ2) is 10.5. The fraction of sp³-hybridized carbons (Fsp3) is 0.269. The number of amides is 1. The summed E-state index contributed by atoms with van der Waals surface area (Å²) in [6.45, 7) is 5.68. The Morgan fingerprint density at radius 3 is 2.42 bits per heavy atom. The normalized spacial score (nSPS) is 14.2. The highest BCUT2D eigenvalue weighted by Gasteiger charge is 2.13. The predicted octanol–water partition coefficient (Wildman–Crippen LogP) is 5.38. The molecule has 4 rings (SSSR count). The van der Waals surface area contributed by atoms with Crippen LogP contribution in [-0.4, -0.2) is 35.4 Å². The third kappa shape index (κ3) is 6.12. The SMILES string of the molecule is Cc1ccc(CN2CCSCC2)cc1NC(=O)c1ccc(COc2ccccc2)cc1. The lowest BCUT2D eigenvalue weighted by Crippen LogP contribution is -2.32. The van der Waals surface area contributed by atoms with Crippen molar-refractivity contribution < 1.29 is 9.53 Å². The van der Waals surface area contributed by atoms with Gasteiger partial charge < -0.3 is 10.1 Å². The van der Waals surface area contributed by atoms with Crippen LogP contribution < -0.4 is 10.1 Å². The maximum absolute atomic E-state index is 12.8. The highest BCUT2D eigenvalue weighted by Crippen LogP contribution is 2.21. The molecule has 1 aliphatic rings. The number of aryl methyl sites for hydroxylation is 1. The molecule has 31 heavy (non-hydrogen) atoms. The zero-order valence-corrected chi connectivity index (χ0v) is 18.7. The van der Waals surface area contributed by atoms with Crippen molar-refractivity contribution in [3.63, 3.8) is 0 Å². The topological polar surface area (TPSA) is 41.6 Å². The van der Waals surface area contributed by atoms with Gasteiger partial charge in [-0.25, -0.2) is 0 Å². The molecule has 3 aromatic carbocycles. The van der Waals surface area contributed by atoms with E-state index in [-0.39, 0.29) is 5.91 Å². The molecular formula is C26H28N2O2S. The van der Waals surface area contributed by atoms with Crippen LogP contribution in [0.5, 0.6) is 5.75 Å². The summed E-state index contributed by atoms with van der Waals surface area (Å²) in [7, 11) is 0. The molecule has 0 saturated carbocycles. The minimum Gasteiger partial charge on any atom is -0.489 e. The Morgan fingerprint density at radius 2 is 1.68 bits per heavy atom. The lowest BCUT2D eigenvalue weighted by Gasteiger charge is -2.26. The average Bonchev–Trinajstić information content (AvgIpc) is 2.81. The van der Waals surface area contributed by atoms with Crippen LogP contribution in [-0.2, 0) is 13.2 Å². The highest BCUT2D eigenvalue weighted by atomic mass is 32.2. The first-order chi connectivity index (χ1) is 15.2. The second-order valence-corrected chi connectivity index (χ2v) is 9.02. The Kier molecular flexibility index (Phi) is 7.28. The number of para-hydroxylation sites is 1. The molecule has 0 aliphatic carbocycles. The number of anilines is 1. The molecule has 0 aromatic heterocycles. The Bertz CT molecular complexity index is 1000. The summed E-state index contributed by atoms with van der Waals surface area (Å²) in [6, 6.07) is 23.7. The molecule has 1 aliphatic heterocycles. The van der Waals surface area contributed by atoms with Crippen LogP contribution in [0.4, 0.5) is 5.69 Å². The van der Waals surface area contributed by atoms with E-state index >= 15 is 0 Å². The number of nitrogens with one attached hydrogen (secondary N) is 1. The van der Waals surface area contributed by atoms with Gasteiger partial charge in [0, 0.05) is 42.4 Å². The predicted molar refractivity (Wildman–Crippen MR) is 129 cm³/mol. The molecule has 0 unspecified atom stereocenters. The van der Waals surface area contributed by atoms with Crippen molar-refractivity contribution in [1.29, 1.82) is 0 Å². The molecule has 1 fully saturated rings. The van der Waals surface area contributed by atoms with Gasteiger partial charge in [-0.15, -0.1) is 0 Å². The van der Waals surface area contributed by atoms with E-state index in [9.17, 15) is 4.79 Å². The van der Waals surface area contributed by atoms with Gasteiger partial charge in [0.1, 0.15) is 12.4 Å². The van der Waals surface area contributed by atoms with E-state index in [0.29, 0.717) is 12.2 Å². The Hall–Kier alpha value is -2.76. The van der Waals surface area contributed by atoms with Gasteiger partial charge >= 0.3 is 0 Å². The Balaban J connectivity index is 1.36. The number of carbonyl (C=O) groups is 1. The first kappa shape index (κ1) is 21.5. The van der Waals surface area contributed by atoms with Gasteiger partial charge in [-0.3, -0.25) is 9.69 Å². The van der Waals surface area contributed by atoms with Gasteiger partial charge in [0.15, 0.2) is 0 Å². The Labute approximate surface area is 188 Å². The fourth-order valence-corrected chi connectivity index (χ4v) is 4.53. The number of benzene rings is 3.